The van der Waals surface area contributed by atoms with E-state index in [2.05, 4.69) is 15.2 Å². The van der Waals surface area contributed by atoms with Gasteiger partial charge < -0.3 is 15.1 Å². The molecule has 3 rings (SSSR count). The van der Waals surface area contributed by atoms with Crippen molar-refractivity contribution in [1.29, 1.82) is 0 Å². The molecule has 6 heteroatoms. The van der Waals surface area contributed by atoms with Crippen molar-refractivity contribution < 1.29 is 9.59 Å². The lowest BCUT2D eigenvalue weighted by Gasteiger charge is -2.41. The summed E-state index contributed by atoms with van der Waals surface area (Å²) in [5, 5.41) is 2.93. The lowest BCUT2D eigenvalue weighted by molar-refractivity contribution is -0.150. The molecule has 0 saturated carbocycles. The van der Waals surface area contributed by atoms with Gasteiger partial charge in [0.05, 0.1) is 13.1 Å². The highest BCUT2D eigenvalue weighted by Crippen LogP contribution is 2.29. The van der Waals surface area contributed by atoms with Gasteiger partial charge >= 0.3 is 0 Å². The van der Waals surface area contributed by atoms with Gasteiger partial charge in [0.1, 0.15) is 11.4 Å². The van der Waals surface area contributed by atoms with Gasteiger partial charge in [0.2, 0.25) is 5.91 Å². The zero-order valence-electron chi connectivity index (χ0n) is 12.4. The molecule has 2 saturated heterocycles. The van der Waals surface area contributed by atoms with Crippen molar-refractivity contribution in [3.8, 4) is 0 Å². The Balaban J connectivity index is 1.85. The summed E-state index contributed by atoms with van der Waals surface area (Å²) >= 11 is 0. The van der Waals surface area contributed by atoms with E-state index in [9.17, 15) is 9.59 Å². The molecule has 2 fully saturated rings. The van der Waals surface area contributed by atoms with Crippen LogP contribution in [0.1, 0.15) is 20.3 Å². The van der Waals surface area contributed by atoms with E-state index in [1.807, 2.05) is 32.0 Å². The summed E-state index contributed by atoms with van der Waals surface area (Å²) < 4.78 is 0. The number of anilines is 1. The first-order chi connectivity index (χ1) is 10.0. The van der Waals surface area contributed by atoms with Crippen LogP contribution in [-0.2, 0) is 9.59 Å². The number of hydrogen-bond acceptors (Lipinski definition) is 4. The van der Waals surface area contributed by atoms with Gasteiger partial charge in [-0.2, -0.15) is 0 Å². The van der Waals surface area contributed by atoms with Crippen LogP contribution < -0.4 is 10.2 Å². The van der Waals surface area contributed by atoms with Crippen molar-refractivity contribution in [3.05, 3.63) is 24.4 Å². The number of pyridine rings is 1. The van der Waals surface area contributed by atoms with Gasteiger partial charge in [-0.15, -0.1) is 0 Å². The lowest BCUT2D eigenvalue weighted by atomic mass is 9.93. The van der Waals surface area contributed by atoms with E-state index in [0.29, 0.717) is 13.0 Å². The van der Waals surface area contributed by atoms with Crippen molar-refractivity contribution in [1.82, 2.24) is 15.2 Å². The van der Waals surface area contributed by atoms with Crippen molar-refractivity contribution in [2.45, 2.75) is 31.8 Å². The van der Waals surface area contributed by atoms with Gasteiger partial charge in [-0.25, -0.2) is 4.98 Å². The molecule has 1 unspecified atom stereocenters. The predicted octanol–water partition coefficient (Wildman–Crippen LogP) is 0.397. The van der Waals surface area contributed by atoms with Gasteiger partial charge in [0, 0.05) is 18.8 Å². The summed E-state index contributed by atoms with van der Waals surface area (Å²) in [6, 6.07) is 5.75. The molecule has 21 heavy (non-hydrogen) atoms. The quantitative estimate of drug-likeness (QED) is 0.855. The third kappa shape index (κ3) is 2.34. The highest BCUT2D eigenvalue weighted by molar-refractivity contribution is 5.99. The second-order valence-corrected chi connectivity index (χ2v) is 6.02. The third-order valence-electron chi connectivity index (χ3n) is 4.23. The van der Waals surface area contributed by atoms with E-state index in [1.165, 1.54) is 0 Å². The first kappa shape index (κ1) is 13.9. The summed E-state index contributed by atoms with van der Waals surface area (Å²) in [5.41, 5.74) is -0.795. The number of hydrogen-bond donors (Lipinski definition) is 1. The first-order valence-corrected chi connectivity index (χ1v) is 7.30. The Morgan fingerprint density at radius 3 is 2.81 bits per heavy atom. The molecule has 1 atom stereocenters. The molecule has 1 aromatic rings. The molecule has 2 aliphatic heterocycles. The van der Waals surface area contributed by atoms with Gasteiger partial charge in [-0.05, 0) is 32.4 Å². The van der Waals surface area contributed by atoms with Crippen LogP contribution >= 0.6 is 0 Å². The van der Waals surface area contributed by atoms with Gasteiger partial charge in [0.25, 0.3) is 5.91 Å². The fourth-order valence-corrected chi connectivity index (χ4v) is 3.10. The zero-order valence-corrected chi connectivity index (χ0v) is 12.4. The maximum atomic E-state index is 12.8. The number of nitrogens with zero attached hydrogens (tertiary/aromatic N) is 3. The van der Waals surface area contributed by atoms with Crippen LogP contribution in [0.3, 0.4) is 0 Å². The van der Waals surface area contributed by atoms with Crippen LogP contribution in [0.25, 0.3) is 0 Å². The molecule has 1 spiro atoms. The van der Waals surface area contributed by atoms with Crippen LogP contribution in [0.2, 0.25) is 0 Å². The predicted molar refractivity (Wildman–Crippen MR) is 78.8 cm³/mol. The standard InChI is InChI=1S/C15H20N4O2/c1-11(2)19-9-13(20)17-15(14(19)21)6-8-18(10-15)12-5-3-4-7-16-12/h3-5,7,11H,6,8-10H2,1-2H3,(H,17,20). The highest BCUT2D eigenvalue weighted by atomic mass is 16.2. The Morgan fingerprint density at radius 2 is 2.14 bits per heavy atom. The van der Waals surface area contributed by atoms with E-state index >= 15 is 0 Å². The van der Waals surface area contributed by atoms with E-state index in [0.717, 1.165) is 12.4 Å². The summed E-state index contributed by atoms with van der Waals surface area (Å²) in [5.74, 6) is 0.791. The second-order valence-electron chi connectivity index (χ2n) is 6.02. The SMILES string of the molecule is CC(C)N1CC(=O)NC2(CCN(c3ccccn3)C2)C1=O. The topological polar surface area (TPSA) is 65.5 Å². The maximum absolute atomic E-state index is 12.8. The molecule has 3 heterocycles. The van der Waals surface area contributed by atoms with E-state index in [4.69, 9.17) is 0 Å². The summed E-state index contributed by atoms with van der Waals surface area (Å²) in [6.07, 6.45) is 2.36. The van der Waals surface area contributed by atoms with Gasteiger partial charge in [0.15, 0.2) is 0 Å². The van der Waals surface area contributed by atoms with Crippen molar-refractivity contribution in [2.24, 2.45) is 0 Å². The highest BCUT2D eigenvalue weighted by Gasteiger charge is 2.51. The largest absolute Gasteiger partial charge is 0.354 e. The van der Waals surface area contributed by atoms with Crippen molar-refractivity contribution >= 4 is 17.6 Å². The third-order valence-corrected chi connectivity index (χ3v) is 4.23. The average molecular weight is 288 g/mol. The zero-order chi connectivity index (χ0) is 15.0. The summed E-state index contributed by atoms with van der Waals surface area (Å²) in [6.45, 7) is 5.24. The Labute approximate surface area is 124 Å². The molecule has 0 radical (unpaired) electrons. The molecule has 6 nitrogen and oxygen atoms in total. The molecule has 2 amide bonds. The number of carbonyl (C=O) groups is 2. The molecule has 0 aromatic carbocycles. The molecule has 112 valence electrons. The van der Waals surface area contributed by atoms with E-state index < -0.39 is 5.54 Å². The molecule has 1 aromatic heterocycles. The fourth-order valence-electron chi connectivity index (χ4n) is 3.10. The molecule has 0 bridgehead atoms. The van der Waals surface area contributed by atoms with Crippen LogP contribution in [0.15, 0.2) is 24.4 Å². The van der Waals surface area contributed by atoms with Crippen molar-refractivity contribution in [3.63, 3.8) is 0 Å². The molecular formula is C15H20N4O2. The minimum atomic E-state index is -0.795. The average Bonchev–Trinajstić information content (AvgIpc) is 2.88. The number of aromatic nitrogens is 1. The number of nitrogens with one attached hydrogen (secondary N) is 1. The number of amides is 2. The normalized spacial score (nSPS) is 25.9. The Bertz CT molecular complexity index is 560. The Kier molecular flexibility index (Phi) is 3.31. The molecule has 1 N–H and O–H groups in total. The van der Waals surface area contributed by atoms with Crippen LogP contribution in [0.5, 0.6) is 0 Å². The minimum Gasteiger partial charge on any atom is -0.354 e. The molecule has 2 aliphatic rings. The smallest absolute Gasteiger partial charge is 0.250 e. The first-order valence-electron chi connectivity index (χ1n) is 7.30. The van der Waals surface area contributed by atoms with Gasteiger partial charge in [-0.1, -0.05) is 6.07 Å². The van der Waals surface area contributed by atoms with E-state index in [1.54, 1.807) is 11.1 Å². The number of rotatable bonds is 2. The lowest BCUT2D eigenvalue weighted by Crippen LogP contribution is -2.68. The van der Waals surface area contributed by atoms with Crippen LogP contribution in [-0.4, -0.2) is 52.9 Å². The Morgan fingerprint density at radius 1 is 1.33 bits per heavy atom. The fraction of sp³-hybridized carbons (Fsp3) is 0.533. The second kappa shape index (κ2) is 5.02. The minimum absolute atomic E-state index is 0.0236. The summed E-state index contributed by atoms with van der Waals surface area (Å²) in [7, 11) is 0. The summed E-state index contributed by atoms with van der Waals surface area (Å²) in [4.78, 5) is 32.8. The number of carbonyl (C=O) groups excluding carboxylic acids is 2. The van der Waals surface area contributed by atoms with Crippen LogP contribution in [0, 0.1) is 0 Å². The maximum Gasteiger partial charge on any atom is 0.250 e. The number of piperazine rings is 1. The van der Waals surface area contributed by atoms with Crippen molar-refractivity contribution in [2.75, 3.05) is 24.5 Å². The van der Waals surface area contributed by atoms with Crippen LogP contribution in [0.4, 0.5) is 5.82 Å². The Hall–Kier alpha value is -2.11. The monoisotopic (exact) mass is 288 g/mol. The van der Waals surface area contributed by atoms with Gasteiger partial charge in [-0.3, -0.25) is 9.59 Å². The molecule has 0 aliphatic carbocycles. The van der Waals surface area contributed by atoms with E-state index in [-0.39, 0.29) is 24.4 Å². The molecular weight excluding hydrogens is 268 g/mol.